The maximum atomic E-state index is 11.3. The van der Waals surface area contributed by atoms with Crippen LogP contribution in [-0.4, -0.2) is 66.8 Å². The molecule has 0 fully saturated rings. The normalized spacial score (nSPS) is 12.0. The second-order valence-electron chi connectivity index (χ2n) is 8.14. The Morgan fingerprint density at radius 3 is 2.03 bits per heavy atom. The lowest BCUT2D eigenvalue weighted by atomic mass is 10.1. The maximum Gasteiger partial charge on any atom is 0.264 e. The van der Waals surface area contributed by atoms with Crippen molar-refractivity contribution in [2.75, 3.05) is 43.7 Å². The van der Waals surface area contributed by atoms with Gasteiger partial charge in [-0.2, -0.15) is 16.8 Å². The van der Waals surface area contributed by atoms with Crippen LogP contribution in [0.4, 0.5) is 11.4 Å². The molecule has 1 aromatic heterocycles. The molecule has 202 valence electrons. The zero-order valence-electron chi connectivity index (χ0n) is 20.9. The van der Waals surface area contributed by atoms with Gasteiger partial charge in [0.15, 0.2) is 0 Å². The zero-order chi connectivity index (χ0) is 26.3. The van der Waals surface area contributed by atoms with Crippen LogP contribution in [0.2, 0.25) is 0 Å². The predicted molar refractivity (Wildman–Crippen MR) is 152 cm³/mol. The van der Waals surface area contributed by atoms with Gasteiger partial charge in [-0.3, -0.25) is 13.4 Å². The molecule has 0 aliphatic heterocycles. The van der Waals surface area contributed by atoms with Crippen molar-refractivity contribution in [3.05, 3.63) is 64.0 Å². The van der Waals surface area contributed by atoms with Crippen LogP contribution in [0.3, 0.4) is 0 Å². The number of aliphatic imine (C=N–C) groups is 1. The first-order chi connectivity index (χ1) is 16.9. The van der Waals surface area contributed by atoms with Crippen molar-refractivity contribution in [1.82, 2.24) is 4.98 Å². The molecule has 3 aromatic rings. The van der Waals surface area contributed by atoms with Gasteiger partial charge < -0.3 is 4.90 Å². The van der Waals surface area contributed by atoms with Crippen molar-refractivity contribution in [2.24, 2.45) is 4.99 Å². The summed E-state index contributed by atoms with van der Waals surface area (Å²) in [6.45, 7) is 4.24. The van der Waals surface area contributed by atoms with E-state index in [1.807, 2.05) is 66.6 Å². The third kappa shape index (κ3) is 10.5. The summed E-state index contributed by atoms with van der Waals surface area (Å²) in [7, 11) is -7.17. The van der Waals surface area contributed by atoms with Crippen molar-refractivity contribution in [3.63, 3.8) is 0 Å². The summed E-state index contributed by atoms with van der Waals surface area (Å²) in [6.07, 6.45) is 3.75. The second-order valence-corrected chi connectivity index (χ2v) is 12.5. The first-order valence-electron chi connectivity index (χ1n) is 11.0. The molecule has 0 saturated heterocycles. The van der Waals surface area contributed by atoms with Gasteiger partial charge in [0.25, 0.3) is 20.2 Å². The van der Waals surface area contributed by atoms with E-state index < -0.39 is 20.2 Å². The van der Waals surface area contributed by atoms with Crippen LogP contribution < -0.4 is 4.90 Å². The lowest BCUT2D eigenvalue weighted by Gasteiger charge is -2.25. The summed E-state index contributed by atoms with van der Waals surface area (Å²) in [5.41, 5.74) is 5.45. The summed E-state index contributed by atoms with van der Waals surface area (Å²) in [4.78, 5) is 10.9. The number of aromatic nitrogens is 1. The minimum absolute atomic E-state index is 0. The maximum absolute atomic E-state index is 11.3. The number of aryl methyl sites for hydroxylation is 2. The first kappa shape index (κ1) is 30.9. The molecular formula is C24H30ClN3O6S3. The smallest absolute Gasteiger partial charge is 0.264 e. The fourth-order valence-corrected chi connectivity index (χ4v) is 4.70. The van der Waals surface area contributed by atoms with Gasteiger partial charge in [-0.25, -0.2) is 4.98 Å². The van der Waals surface area contributed by atoms with Crippen LogP contribution in [0.5, 0.6) is 0 Å². The molecule has 0 N–H and O–H groups in total. The van der Waals surface area contributed by atoms with Crippen molar-refractivity contribution in [3.8, 4) is 11.3 Å². The van der Waals surface area contributed by atoms with E-state index in [9.17, 15) is 16.8 Å². The molecule has 0 unspecified atom stereocenters. The average molecular weight is 588 g/mol. The summed E-state index contributed by atoms with van der Waals surface area (Å²) in [5.74, 6) is 0. The van der Waals surface area contributed by atoms with Crippen molar-refractivity contribution in [2.45, 2.75) is 13.8 Å². The Bertz CT molecular complexity index is 1380. The quantitative estimate of drug-likeness (QED) is 0.227. The highest BCUT2D eigenvalue weighted by molar-refractivity contribution is 7.86. The Kier molecular flexibility index (Phi) is 11.2. The molecule has 0 bridgehead atoms. The van der Waals surface area contributed by atoms with Crippen LogP contribution in [0, 0.1) is 13.8 Å². The number of benzene rings is 2. The number of hydrogen-bond acceptors (Lipinski definition) is 10. The van der Waals surface area contributed by atoms with Crippen molar-refractivity contribution < 1.29 is 25.2 Å². The lowest BCUT2D eigenvalue weighted by Crippen LogP contribution is -2.32. The highest BCUT2D eigenvalue weighted by Crippen LogP contribution is 2.24. The van der Waals surface area contributed by atoms with Gasteiger partial charge in [0.2, 0.25) is 0 Å². The molecule has 0 spiro atoms. The number of rotatable bonds is 12. The van der Waals surface area contributed by atoms with Crippen molar-refractivity contribution in [1.29, 1.82) is 0 Å². The molecule has 3 rings (SSSR count). The number of nitrogens with zero attached hydrogens (tertiary/aromatic N) is 3. The van der Waals surface area contributed by atoms with E-state index in [1.54, 1.807) is 17.6 Å². The van der Waals surface area contributed by atoms with Crippen LogP contribution in [0.1, 0.15) is 16.1 Å². The Morgan fingerprint density at radius 1 is 0.946 bits per heavy atom. The predicted octanol–water partition coefficient (Wildman–Crippen LogP) is 4.36. The third-order valence-electron chi connectivity index (χ3n) is 5.07. The zero-order valence-corrected chi connectivity index (χ0v) is 24.2. The van der Waals surface area contributed by atoms with E-state index in [-0.39, 0.29) is 38.7 Å². The fourth-order valence-electron chi connectivity index (χ4n) is 3.33. The molecule has 37 heavy (non-hydrogen) atoms. The molecule has 0 saturated carbocycles. The van der Waals surface area contributed by atoms with Gasteiger partial charge in [-0.15, -0.1) is 23.7 Å². The van der Waals surface area contributed by atoms with E-state index in [0.717, 1.165) is 51.3 Å². The highest BCUT2D eigenvalue weighted by Gasteiger charge is 2.12. The Balaban J connectivity index is 0.00000481. The van der Waals surface area contributed by atoms with Crippen LogP contribution in [0.25, 0.3) is 11.3 Å². The van der Waals surface area contributed by atoms with E-state index in [2.05, 4.69) is 9.98 Å². The monoisotopic (exact) mass is 587 g/mol. The topological polar surface area (TPSA) is 115 Å². The van der Waals surface area contributed by atoms with E-state index in [1.165, 1.54) is 0 Å². The number of anilines is 1. The lowest BCUT2D eigenvalue weighted by molar-refractivity contribution is 0.309. The minimum atomic E-state index is -3.59. The molecule has 2 aromatic carbocycles. The van der Waals surface area contributed by atoms with Gasteiger partial charge in [0, 0.05) is 35.9 Å². The second kappa shape index (κ2) is 13.4. The van der Waals surface area contributed by atoms with Gasteiger partial charge in [-0.05, 0) is 49.2 Å². The summed E-state index contributed by atoms with van der Waals surface area (Å²) in [6, 6.07) is 13.6. The molecule has 0 atom stereocenters. The van der Waals surface area contributed by atoms with Crippen molar-refractivity contribution >= 4 is 61.6 Å². The fraction of sp³-hybridized carbons (Fsp3) is 0.333. The van der Waals surface area contributed by atoms with Gasteiger partial charge in [0.1, 0.15) is 0 Å². The summed E-state index contributed by atoms with van der Waals surface area (Å²) >= 11 is 1.61. The van der Waals surface area contributed by atoms with E-state index in [0.29, 0.717) is 0 Å². The van der Waals surface area contributed by atoms with E-state index >= 15 is 0 Å². The minimum Gasteiger partial charge on any atom is -0.367 e. The van der Waals surface area contributed by atoms with Gasteiger partial charge in [0.05, 0.1) is 42.1 Å². The van der Waals surface area contributed by atoms with E-state index in [4.69, 9.17) is 8.37 Å². The molecule has 0 amide bonds. The SMILES string of the molecule is Cc1nc(-c2ccc(N=Cc3ccc(N(CCOS(C)(=O)=O)CCOS(C)(=O)=O)cc3C)cc2)cs1.Cl. The Morgan fingerprint density at radius 2 is 1.54 bits per heavy atom. The molecule has 0 radical (unpaired) electrons. The van der Waals surface area contributed by atoms with Gasteiger partial charge in [-0.1, -0.05) is 18.2 Å². The molecular weight excluding hydrogens is 558 g/mol. The summed E-state index contributed by atoms with van der Waals surface area (Å²) < 4.78 is 55.0. The van der Waals surface area contributed by atoms with Crippen LogP contribution in [0.15, 0.2) is 52.8 Å². The first-order valence-corrected chi connectivity index (χ1v) is 15.5. The number of thiazole rings is 1. The molecule has 0 aliphatic rings. The third-order valence-corrected chi connectivity index (χ3v) is 7.03. The average Bonchev–Trinajstić information content (AvgIpc) is 3.22. The molecule has 13 heteroatoms. The largest absolute Gasteiger partial charge is 0.367 e. The molecule has 9 nitrogen and oxygen atoms in total. The van der Waals surface area contributed by atoms with Gasteiger partial charge >= 0.3 is 0 Å². The summed E-state index contributed by atoms with van der Waals surface area (Å²) in [5, 5.41) is 3.05. The number of hydrogen-bond donors (Lipinski definition) is 0. The molecule has 0 aliphatic carbocycles. The van der Waals surface area contributed by atoms with Crippen LogP contribution in [-0.2, 0) is 28.6 Å². The molecule has 1 heterocycles. The highest BCUT2D eigenvalue weighted by atomic mass is 35.5. The Labute approximate surface area is 228 Å². The Hall–Kier alpha value is -2.35. The van der Waals surface area contributed by atoms with Crippen LogP contribution >= 0.6 is 23.7 Å². The standard InChI is InChI=1S/C24H29N3O6S3.ClH/c1-18-15-23(27(11-13-32-35(3,28)29)12-14-33-36(4,30)31)10-7-21(18)16-25-22-8-5-20(6-9-22)24-17-34-19(2)26-24;/h5-10,15-17H,11-14H2,1-4H3;1H. The number of halogens is 1.